The van der Waals surface area contributed by atoms with Crippen LogP contribution >= 0.6 is 0 Å². The third-order valence-corrected chi connectivity index (χ3v) is 3.61. The minimum absolute atomic E-state index is 0.164. The Morgan fingerprint density at radius 2 is 2.06 bits per heavy atom. The highest BCUT2D eigenvalue weighted by molar-refractivity contribution is 6.02. The van der Waals surface area contributed by atoms with E-state index in [1.165, 1.54) is 0 Å². The van der Waals surface area contributed by atoms with Crippen molar-refractivity contribution in [3.8, 4) is 5.75 Å². The first-order valence-electron chi connectivity index (χ1n) is 6.10. The molecule has 0 aromatic heterocycles. The van der Waals surface area contributed by atoms with Crippen LogP contribution in [0.2, 0.25) is 0 Å². The van der Waals surface area contributed by atoms with E-state index in [1.54, 1.807) is 12.1 Å². The van der Waals surface area contributed by atoms with Crippen LogP contribution in [0.5, 0.6) is 5.75 Å². The zero-order chi connectivity index (χ0) is 11.8. The van der Waals surface area contributed by atoms with Gasteiger partial charge in [-0.3, -0.25) is 4.79 Å². The molecule has 0 saturated carbocycles. The molecule has 2 aliphatic rings. The number of nitrogens with zero attached hydrogens (tertiary/aromatic N) is 1. The Balaban J connectivity index is 1.93. The smallest absolute Gasteiger partial charge is 0.231 e. The first-order valence-corrected chi connectivity index (χ1v) is 6.10. The molecule has 4 nitrogen and oxygen atoms in total. The summed E-state index contributed by atoms with van der Waals surface area (Å²) in [4.78, 5) is 14.0. The highest BCUT2D eigenvalue weighted by Crippen LogP contribution is 2.34. The molecule has 1 saturated heterocycles. The average Bonchev–Trinajstić information content (AvgIpc) is 2.65. The Morgan fingerprint density at radius 1 is 1.29 bits per heavy atom. The highest BCUT2D eigenvalue weighted by Gasteiger charge is 2.33. The Hall–Kier alpha value is -1.55. The summed E-state index contributed by atoms with van der Waals surface area (Å²) in [5.41, 5.74) is 1.94. The van der Waals surface area contributed by atoms with E-state index in [-0.39, 0.29) is 11.7 Å². The van der Waals surface area contributed by atoms with Gasteiger partial charge in [-0.15, -0.1) is 0 Å². The lowest BCUT2D eigenvalue weighted by Crippen LogP contribution is -2.44. The molecule has 0 atom stereocenters. The summed E-state index contributed by atoms with van der Waals surface area (Å²) in [5.74, 6) is 0.404. The second-order valence-corrected chi connectivity index (χ2v) is 4.73. The fourth-order valence-electron chi connectivity index (χ4n) is 2.80. The van der Waals surface area contributed by atoms with Crippen molar-refractivity contribution in [3.63, 3.8) is 0 Å². The lowest BCUT2D eigenvalue weighted by atomic mass is 10.0. The number of phenolic OH excluding ortho intramolecular Hbond substituents is 1. The molecular weight excluding hydrogens is 216 g/mol. The SMILES string of the molecule is O=C1Cc2cc(O)ccc2N1C1CCNCC1. The van der Waals surface area contributed by atoms with Crippen LogP contribution in [-0.4, -0.2) is 30.1 Å². The fraction of sp³-hybridized carbons (Fsp3) is 0.462. The molecule has 1 fully saturated rings. The number of hydrogen-bond acceptors (Lipinski definition) is 3. The number of fused-ring (bicyclic) bond motifs is 1. The predicted molar refractivity (Wildman–Crippen MR) is 65.2 cm³/mol. The van der Waals surface area contributed by atoms with Crippen LogP contribution in [0.25, 0.3) is 0 Å². The van der Waals surface area contributed by atoms with E-state index in [0.717, 1.165) is 37.2 Å². The molecule has 2 N–H and O–H groups in total. The van der Waals surface area contributed by atoms with E-state index in [2.05, 4.69) is 5.32 Å². The van der Waals surface area contributed by atoms with Crippen LogP contribution in [0.15, 0.2) is 18.2 Å². The van der Waals surface area contributed by atoms with E-state index in [0.29, 0.717) is 12.5 Å². The van der Waals surface area contributed by atoms with Gasteiger partial charge in [0.15, 0.2) is 0 Å². The molecule has 90 valence electrons. The molecule has 3 rings (SSSR count). The summed E-state index contributed by atoms with van der Waals surface area (Å²) < 4.78 is 0. The third-order valence-electron chi connectivity index (χ3n) is 3.61. The summed E-state index contributed by atoms with van der Waals surface area (Å²) in [6.45, 7) is 1.95. The van der Waals surface area contributed by atoms with Crippen molar-refractivity contribution in [2.75, 3.05) is 18.0 Å². The van der Waals surface area contributed by atoms with Crippen LogP contribution in [0.4, 0.5) is 5.69 Å². The van der Waals surface area contributed by atoms with E-state index in [9.17, 15) is 9.90 Å². The van der Waals surface area contributed by atoms with E-state index >= 15 is 0 Å². The maximum absolute atomic E-state index is 12.1. The van der Waals surface area contributed by atoms with E-state index < -0.39 is 0 Å². The number of carbonyl (C=O) groups is 1. The van der Waals surface area contributed by atoms with Crippen LogP contribution < -0.4 is 10.2 Å². The van der Waals surface area contributed by atoms with Crippen molar-refractivity contribution in [3.05, 3.63) is 23.8 Å². The summed E-state index contributed by atoms with van der Waals surface area (Å²) in [7, 11) is 0. The molecule has 1 amide bonds. The summed E-state index contributed by atoms with van der Waals surface area (Å²) in [6.07, 6.45) is 2.44. The fourth-order valence-corrected chi connectivity index (χ4v) is 2.80. The molecule has 4 heteroatoms. The first-order chi connectivity index (χ1) is 8.25. The zero-order valence-electron chi connectivity index (χ0n) is 9.65. The normalized spacial score (nSPS) is 20.7. The number of phenols is 1. The number of amides is 1. The standard InChI is InChI=1S/C13H16N2O2/c16-11-1-2-12-9(7-11)8-13(17)15(12)10-3-5-14-6-4-10/h1-2,7,10,14,16H,3-6,8H2. The Bertz CT molecular complexity index is 453. The maximum Gasteiger partial charge on any atom is 0.231 e. The molecular formula is C13H16N2O2. The van der Waals surface area contributed by atoms with Gasteiger partial charge in [-0.25, -0.2) is 0 Å². The van der Waals surface area contributed by atoms with Gasteiger partial charge in [0.2, 0.25) is 5.91 Å². The molecule has 17 heavy (non-hydrogen) atoms. The van der Waals surface area contributed by atoms with E-state index in [4.69, 9.17) is 0 Å². The van der Waals surface area contributed by atoms with Crippen molar-refractivity contribution >= 4 is 11.6 Å². The number of benzene rings is 1. The van der Waals surface area contributed by atoms with Gasteiger partial charge in [0.25, 0.3) is 0 Å². The lowest BCUT2D eigenvalue weighted by molar-refractivity contribution is -0.117. The van der Waals surface area contributed by atoms with Crippen LogP contribution in [0, 0.1) is 0 Å². The van der Waals surface area contributed by atoms with Crippen LogP contribution in [-0.2, 0) is 11.2 Å². The van der Waals surface area contributed by atoms with Crippen molar-refractivity contribution in [1.82, 2.24) is 5.32 Å². The number of rotatable bonds is 1. The number of anilines is 1. The van der Waals surface area contributed by atoms with Gasteiger partial charge in [-0.2, -0.15) is 0 Å². The number of piperidine rings is 1. The molecule has 1 aromatic carbocycles. The monoisotopic (exact) mass is 232 g/mol. The third kappa shape index (κ3) is 1.78. The topological polar surface area (TPSA) is 52.6 Å². The summed E-state index contributed by atoms with van der Waals surface area (Å²) in [6, 6.07) is 5.53. The molecule has 0 spiro atoms. The largest absolute Gasteiger partial charge is 0.508 e. The quantitative estimate of drug-likeness (QED) is 0.760. The average molecular weight is 232 g/mol. The Morgan fingerprint density at radius 3 is 2.82 bits per heavy atom. The lowest BCUT2D eigenvalue weighted by Gasteiger charge is -2.32. The molecule has 0 aliphatic carbocycles. The summed E-state index contributed by atoms with van der Waals surface area (Å²) >= 11 is 0. The second kappa shape index (κ2) is 4.04. The Kier molecular flexibility index (Phi) is 2.52. The van der Waals surface area contributed by atoms with Crippen molar-refractivity contribution < 1.29 is 9.90 Å². The van der Waals surface area contributed by atoms with Crippen molar-refractivity contribution in [2.24, 2.45) is 0 Å². The molecule has 1 aromatic rings. The minimum atomic E-state index is 0.164. The van der Waals surface area contributed by atoms with Crippen LogP contribution in [0.3, 0.4) is 0 Å². The van der Waals surface area contributed by atoms with Gasteiger partial charge in [0, 0.05) is 11.7 Å². The van der Waals surface area contributed by atoms with E-state index in [1.807, 2.05) is 11.0 Å². The second-order valence-electron chi connectivity index (χ2n) is 4.73. The molecule has 0 radical (unpaired) electrons. The number of nitrogens with one attached hydrogen (secondary N) is 1. The number of hydrogen-bond donors (Lipinski definition) is 2. The van der Waals surface area contributed by atoms with Gasteiger partial charge in [-0.05, 0) is 49.7 Å². The number of carbonyl (C=O) groups excluding carboxylic acids is 1. The Labute approximate surface area is 100 Å². The summed E-state index contributed by atoms with van der Waals surface area (Å²) in [5, 5.41) is 12.7. The number of aromatic hydroxyl groups is 1. The van der Waals surface area contributed by atoms with Gasteiger partial charge >= 0.3 is 0 Å². The molecule has 0 unspecified atom stereocenters. The molecule has 0 bridgehead atoms. The van der Waals surface area contributed by atoms with Gasteiger partial charge in [0.1, 0.15) is 5.75 Å². The molecule has 2 aliphatic heterocycles. The molecule has 2 heterocycles. The first kappa shape index (κ1) is 10.6. The zero-order valence-corrected chi connectivity index (χ0v) is 9.65. The predicted octanol–water partition coefficient (Wildman–Crippen LogP) is 1.03. The highest BCUT2D eigenvalue weighted by atomic mass is 16.3. The maximum atomic E-state index is 12.1. The minimum Gasteiger partial charge on any atom is -0.508 e. The van der Waals surface area contributed by atoms with Gasteiger partial charge < -0.3 is 15.3 Å². The van der Waals surface area contributed by atoms with Crippen molar-refractivity contribution in [1.29, 1.82) is 0 Å². The van der Waals surface area contributed by atoms with Crippen LogP contribution in [0.1, 0.15) is 18.4 Å². The van der Waals surface area contributed by atoms with Gasteiger partial charge in [-0.1, -0.05) is 0 Å². The van der Waals surface area contributed by atoms with Crippen molar-refractivity contribution in [2.45, 2.75) is 25.3 Å². The van der Waals surface area contributed by atoms with Gasteiger partial charge in [0.05, 0.1) is 6.42 Å².